The summed E-state index contributed by atoms with van der Waals surface area (Å²) in [7, 11) is -10.2. The van der Waals surface area contributed by atoms with E-state index in [1.807, 2.05) is 0 Å². The molecule has 12 nitrogen and oxygen atoms in total. The molecule has 14 heteroatoms. The van der Waals surface area contributed by atoms with Gasteiger partial charge >= 0.3 is 10.1 Å². The second-order valence-corrected chi connectivity index (χ2v) is 9.23. The molecular formula is C14H28N4O8S2. The van der Waals surface area contributed by atoms with E-state index in [0.717, 1.165) is 52.4 Å². The van der Waals surface area contributed by atoms with Crippen LogP contribution in [0, 0.1) is 0 Å². The Balaban J connectivity index is 0.000000263. The minimum atomic E-state index is -5.21. The molecule has 0 bridgehead atoms. The Labute approximate surface area is 164 Å². The summed E-state index contributed by atoms with van der Waals surface area (Å²) in [6, 6.07) is 0. The first-order valence-corrected chi connectivity index (χ1v) is 11.5. The molecule has 28 heavy (non-hydrogen) atoms. The largest absolute Gasteiger partial charge is 0.508 e. The van der Waals surface area contributed by atoms with Crippen LogP contribution in [0.2, 0.25) is 0 Å². The lowest BCUT2D eigenvalue weighted by molar-refractivity contribution is 0.159. The molecule has 0 amide bonds. The number of allylic oxidation sites excluding steroid dienone is 1. The Hall–Kier alpha value is -1.10. The molecule has 2 fully saturated rings. The molecule has 2 atom stereocenters. The van der Waals surface area contributed by atoms with E-state index in [4.69, 9.17) is 14.2 Å². The van der Waals surface area contributed by atoms with Crippen LogP contribution in [0.3, 0.4) is 0 Å². The van der Waals surface area contributed by atoms with Gasteiger partial charge in [-0.2, -0.15) is 16.8 Å². The van der Waals surface area contributed by atoms with Crippen LogP contribution in [0.5, 0.6) is 0 Å². The fourth-order valence-electron chi connectivity index (χ4n) is 2.37. The molecule has 0 aromatic carbocycles. The zero-order chi connectivity index (χ0) is 21.3. The van der Waals surface area contributed by atoms with Gasteiger partial charge in [-0.25, -0.2) is 0 Å². The van der Waals surface area contributed by atoms with E-state index in [1.165, 1.54) is 0 Å². The zero-order valence-electron chi connectivity index (χ0n) is 15.2. The van der Waals surface area contributed by atoms with Gasteiger partial charge < -0.3 is 31.5 Å². The fourth-order valence-corrected chi connectivity index (χ4v) is 4.52. The maximum absolute atomic E-state index is 10.8. The van der Waals surface area contributed by atoms with Gasteiger partial charge in [-0.15, -0.1) is 0 Å². The summed E-state index contributed by atoms with van der Waals surface area (Å²) in [5.74, 6) is -0.670. The summed E-state index contributed by atoms with van der Waals surface area (Å²) < 4.78 is 60.7. The van der Waals surface area contributed by atoms with E-state index in [0.29, 0.717) is 18.2 Å². The van der Waals surface area contributed by atoms with E-state index < -0.39 is 36.2 Å². The van der Waals surface area contributed by atoms with Crippen molar-refractivity contribution in [2.75, 3.05) is 52.4 Å². The van der Waals surface area contributed by atoms with Gasteiger partial charge in [0.1, 0.15) is 5.76 Å². The van der Waals surface area contributed by atoms with Crippen LogP contribution >= 0.6 is 0 Å². The maximum Gasteiger partial charge on any atom is 0.300 e. The molecule has 0 spiro atoms. The van der Waals surface area contributed by atoms with Crippen molar-refractivity contribution in [1.29, 1.82) is 0 Å². The average molecular weight is 445 g/mol. The number of hydrogen-bond donors (Lipinski definition) is 8. The second kappa shape index (κ2) is 11.2. The number of rotatable bonds is 2. The Morgan fingerprint density at radius 1 is 0.821 bits per heavy atom. The minimum Gasteiger partial charge on any atom is -0.508 e. The summed E-state index contributed by atoms with van der Waals surface area (Å²) >= 11 is 0. The van der Waals surface area contributed by atoms with Gasteiger partial charge in [0.15, 0.2) is 5.25 Å². The third kappa shape index (κ3) is 8.10. The number of aliphatic hydroxyl groups excluding tert-OH is 1. The molecule has 164 valence electrons. The highest BCUT2D eigenvalue weighted by Gasteiger charge is 2.53. The summed E-state index contributed by atoms with van der Waals surface area (Å²) in [5, 5.41) is 28.9. The molecule has 0 radical (unpaired) electrons. The normalized spacial score (nSPS) is 28.1. The third-order valence-corrected chi connectivity index (χ3v) is 6.37. The zero-order valence-corrected chi connectivity index (χ0v) is 16.8. The number of hydrogen-bond acceptors (Lipinski definition) is 10. The second-order valence-electron chi connectivity index (χ2n) is 6.09. The van der Waals surface area contributed by atoms with E-state index in [-0.39, 0.29) is 0 Å². The lowest BCUT2D eigenvalue weighted by Gasteiger charge is -2.28. The van der Waals surface area contributed by atoms with Crippen molar-refractivity contribution in [3.8, 4) is 0 Å². The van der Waals surface area contributed by atoms with Crippen LogP contribution in [-0.2, 0) is 20.2 Å². The molecule has 2 heterocycles. The monoisotopic (exact) mass is 444 g/mol. The Bertz CT molecular complexity index is 710. The van der Waals surface area contributed by atoms with Crippen molar-refractivity contribution >= 4 is 20.2 Å². The van der Waals surface area contributed by atoms with Crippen molar-refractivity contribution in [1.82, 2.24) is 21.3 Å². The van der Waals surface area contributed by atoms with E-state index >= 15 is 0 Å². The molecule has 2 saturated heterocycles. The Kier molecular flexibility index (Phi) is 9.96. The van der Waals surface area contributed by atoms with E-state index in [9.17, 15) is 21.9 Å². The van der Waals surface area contributed by atoms with E-state index in [2.05, 4.69) is 21.3 Å². The molecule has 2 aliphatic heterocycles. The van der Waals surface area contributed by atoms with Crippen LogP contribution < -0.4 is 21.3 Å². The smallest absolute Gasteiger partial charge is 0.300 e. The van der Waals surface area contributed by atoms with Crippen LogP contribution in [0.15, 0.2) is 24.0 Å². The highest BCUT2D eigenvalue weighted by Crippen LogP contribution is 2.30. The van der Waals surface area contributed by atoms with Crippen LogP contribution in [0.25, 0.3) is 0 Å². The standard InChI is InChI=1S/C6H8O8S2.2C4H10N2/c7-4-1-2-6(8,16(12,13)14)5(3-4)15(9,10)11;2*1-2-6-4-3-5-1/h1-3,5,7-8H,(H,9,10,11)(H,12,13,14);2*5-6H,1-4H2. The maximum atomic E-state index is 10.8. The molecular weight excluding hydrogens is 416 g/mol. The van der Waals surface area contributed by atoms with Gasteiger partial charge in [-0.1, -0.05) is 0 Å². The Morgan fingerprint density at radius 3 is 1.43 bits per heavy atom. The van der Waals surface area contributed by atoms with Gasteiger partial charge in [0.2, 0.25) is 4.93 Å². The summed E-state index contributed by atoms with van der Waals surface area (Å²) in [6.07, 6.45) is 1.43. The van der Waals surface area contributed by atoms with Crippen molar-refractivity contribution in [2.45, 2.75) is 10.2 Å². The van der Waals surface area contributed by atoms with Crippen LogP contribution in [0.1, 0.15) is 0 Å². The first-order chi connectivity index (χ1) is 13.0. The third-order valence-electron chi connectivity index (χ3n) is 3.87. The molecule has 0 aromatic rings. The average Bonchev–Trinajstić information content (AvgIpc) is 2.66. The molecule has 3 rings (SSSR count). The van der Waals surface area contributed by atoms with Gasteiger partial charge in [0.25, 0.3) is 10.1 Å². The predicted molar refractivity (Wildman–Crippen MR) is 103 cm³/mol. The van der Waals surface area contributed by atoms with Crippen LogP contribution in [0.4, 0.5) is 0 Å². The topological polar surface area (TPSA) is 197 Å². The lowest BCUT2D eigenvalue weighted by atomic mass is 10.1. The summed E-state index contributed by atoms with van der Waals surface area (Å²) in [6.45, 7) is 9.11. The lowest BCUT2D eigenvalue weighted by Crippen LogP contribution is -2.51. The minimum absolute atomic E-state index is 0.357. The number of nitrogens with one attached hydrogen (secondary N) is 4. The van der Waals surface area contributed by atoms with E-state index in [1.54, 1.807) is 0 Å². The predicted octanol–water partition coefficient (Wildman–Crippen LogP) is -2.81. The highest BCUT2D eigenvalue weighted by atomic mass is 32.2. The molecule has 0 saturated carbocycles. The fraction of sp³-hybridized carbons (Fsp3) is 0.714. The van der Waals surface area contributed by atoms with Gasteiger partial charge in [0, 0.05) is 52.4 Å². The van der Waals surface area contributed by atoms with Gasteiger partial charge in [0.05, 0.1) is 0 Å². The SMILES string of the molecule is C1CNCCN1.C1CNCCN1.O=S(=O)(O)C1C=C(O)C=CC1(O)S(=O)(=O)O. The highest BCUT2D eigenvalue weighted by molar-refractivity contribution is 7.91. The van der Waals surface area contributed by atoms with Crippen LogP contribution in [-0.4, -0.2) is 98.7 Å². The van der Waals surface area contributed by atoms with Crippen molar-refractivity contribution in [3.63, 3.8) is 0 Å². The molecule has 2 unspecified atom stereocenters. The van der Waals surface area contributed by atoms with Crippen molar-refractivity contribution in [2.24, 2.45) is 0 Å². The van der Waals surface area contributed by atoms with Gasteiger partial charge in [-0.05, 0) is 18.2 Å². The number of aliphatic hydroxyl groups is 2. The Morgan fingerprint density at radius 2 is 1.18 bits per heavy atom. The quantitative estimate of drug-likeness (QED) is 0.204. The van der Waals surface area contributed by atoms with Gasteiger partial charge in [-0.3, -0.25) is 9.11 Å². The van der Waals surface area contributed by atoms with Crippen molar-refractivity contribution in [3.05, 3.63) is 24.0 Å². The summed E-state index contributed by atoms with van der Waals surface area (Å²) in [4.78, 5) is -3.23. The van der Waals surface area contributed by atoms with Crippen molar-refractivity contribution < 1.29 is 36.2 Å². The number of piperazine rings is 2. The molecule has 0 aromatic heterocycles. The first kappa shape index (κ1) is 24.9. The molecule has 8 N–H and O–H groups in total. The summed E-state index contributed by atoms with van der Waals surface area (Å²) in [5.41, 5.74) is 0. The molecule has 1 aliphatic carbocycles. The molecule has 3 aliphatic rings. The first-order valence-electron chi connectivity index (χ1n) is 8.57.